The summed E-state index contributed by atoms with van der Waals surface area (Å²) in [5.41, 5.74) is 2.83. The average Bonchev–Trinajstić information content (AvgIpc) is 2.96. The summed E-state index contributed by atoms with van der Waals surface area (Å²) in [6.45, 7) is 5.32. The lowest BCUT2D eigenvalue weighted by Crippen LogP contribution is -3.19. The highest BCUT2D eigenvalue weighted by atomic mass is 35.5. The number of nitrogens with one attached hydrogen (secondary N) is 1. The monoisotopic (exact) mass is 384 g/mol. The van der Waals surface area contributed by atoms with Crippen LogP contribution in [0.25, 0.3) is 0 Å². The molecule has 2 saturated heterocycles. The molecule has 1 N–H and O–H groups in total. The van der Waals surface area contributed by atoms with Crippen LogP contribution in [-0.2, 0) is 9.59 Å². The van der Waals surface area contributed by atoms with E-state index in [4.69, 9.17) is 11.6 Å². The lowest BCUT2D eigenvalue weighted by molar-refractivity contribution is -0.915. The number of hydrogen-bond acceptors (Lipinski definition) is 3. The molecule has 2 aliphatic rings. The van der Waals surface area contributed by atoms with Gasteiger partial charge >= 0.3 is 0 Å². The number of carbonyl (C=O) groups excluding carboxylic acids is 2. The molecule has 140 valence electrons. The summed E-state index contributed by atoms with van der Waals surface area (Å²) >= 11 is 6.10. The molecule has 27 heavy (non-hydrogen) atoms. The average molecular weight is 385 g/mol. The fourth-order valence-electron chi connectivity index (χ4n) is 4.06. The minimum Gasteiger partial charge on any atom is -0.360 e. The maximum Gasteiger partial charge on any atom is 0.292 e. The summed E-state index contributed by atoms with van der Waals surface area (Å²) < 4.78 is 0. The van der Waals surface area contributed by atoms with Crippen molar-refractivity contribution in [1.29, 1.82) is 0 Å². The second-order valence-corrected chi connectivity index (χ2v) is 7.72. The zero-order valence-corrected chi connectivity index (χ0v) is 16.1. The molecule has 0 aliphatic carbocycles. The number of piperazine rings is 1. The van der Waals surface area contributed by atoms with Crippen LogP contribution in [0.15, 0.2) is 48.5 Å². The SMILES string of the molecule is Cc1cccc(N2C(=O)C[C@@H]([NH+]3CCN(c4cccc(Cl)c4)CC3)C2=O)c1. The van der Waals surface area contributed by atoms with E-state index in [-0.39, 0.29) is 17.9 Å². The van der Waals surface area contributed by atoms with Gasteiger partial charge in [-0.3, -0.25) is 9.59 Å². The molecule has 0 spiro atoms. The second kappa shape index (κ2) is 7.33. The van der Waals surface area contributed by atoms with Crippen LogP contribution in [0.4, 0.5) is 11.4 Å². The van der Waals surface area contributed by atoms with Gasteiger partial charge in [-0.2, -0.15) is 0 Å². The molecule has 1 atom stereocenters. The van der Waals surface area contributed by atoms with Crippen molar-refractivity contribution in [2.45, 2.75) is 19.4 Å². The number of amides is 2. The summed E-state index contributed by atoms with van der Waals surface area (Å²) in [6, 6.07) is 15.1. The van der Waals surface area contributed by atoms with Gasteiger partial charge in [0.1, 0.15) is 0 Å². The first-order valence-corrected chi connectivity index (χ1v) is 9.69. The quantitative estimate of drug-likeness (QED) is 0.819. The third kappa shape index (κ3) is 3.57. The first-order chi connectivity index (χ1) is 13.0. The van der Waals surface area contributed by atoms with Crippen molar-refractivity contribution < 1.29 is 14.5 Å². The number of benzene rings is 2. The predicted octanol–water partition coefficient (Wildman–Crippen LogP) is 1.69. The van der Waals surface area contributed by atoms with Gasteiger partial charge in [-0.1, -0.05) is 29.8 Å². The van der Waals surface area contributed by atoms with Crippen LogP contribution in [0.3, 0.4) is 0 Å². The minimum atomic E-state index is -0.278. The maximum absolute atomic E-state index is 13.0. The zero-order chi connectivity index (χ0) is 19.0. The first-order valence-electron chi connectivity index (χ1n) is 9.31. The molecule has 0 unspecified atom stereocenters. The number of imide groups is 1. The molecule has 2 heterocycles. The largest absolute Gasteiger partial charge is 0.360 e. The Kier molecular flexibility index (Phi) is 4.89. The lowest BCUT2D eigenvalue weighted by atomic mass is 10.1. The Hall–Kier alpha value is -2.37. The van der Waals surface area contributed by atoms with E-state index in [9.17, 15) is 9.59 Å². The van der Waals surface area contributed by atoms with Crippen LogP contribution in [0, 0.1) is 6.92 Å². The molecule has 6 heteroatoms. The van der Waals surface area contributed by atoms with Gasteiger partial charge in [0.05, 0.1) is 38.3 Å². The number of carbonyl (C=O) groups is 2. The van der Waals surface area contributed by atoms with E-state index in [1.807, 2.05) is 49.4 Å². The van der Waals surface area contributed by atoms with Crippen molar-refractivity contribution in [2.75, 3.05) is 36.0 Å². The van der Waals surface area contributed by atoms with Gasteiger partial charge in [-0.05, 0) is 42.8 Å². The molecule has 2 aromatic carbocycles. The summed E-state index contributed by atoms with van der Waals surface area (Å²) in [6.07, 6.45) is 0.291. The highest BCUT2D eigenvalue weighted by molar-refractivity contribution is 6.30. The molecule has 2 amide bonds. The van der Waals surface area contributed by atoms with E-state index in [1.54, 1.807) is 0 Å². The summed E-state index contributed by atoms with van der Waals surface area (Å²) in [5.74, 6) is -0.169. The molecule has 0 radical (unpaired) electrons. The Morgan fingerprint density at radius 3 is 2.41 bits per heavy atom. The topological polar surface area (TPSA) is 45.1 Å². The highest BCUT2D eigenvalue weighted by Crippen LogP contribution is 2.23. The van der Waals surface area contributed by atoms with Crippen molar-refractivity contribution in [1.82, 2.24) is 0 Å². The van der Waals surface area contributed by atoms with Gasteiger partial charge in [-0.25, -0.2) is 4.90 Å². The van der Waals surface area contributed by atoms with Crippen LogP contribution in [0.2, 0.25) is 5.02 Å². The Morgan fingerprint density at radius 2 is 1.70 bits per heavy atom. The molecular formula is C21H23ClN3O2+. The normalized spacial score (nSPS) is 21.2. The fraction of sp³-hybridized carbons (Fsp3) is 0.333. The third-order valence-electron chi connectivity index (χ3n) is 5.48. The molecule has 5 nitrogen and oxygen atoms in total. The van der Waals surface area contributed by atoms with Crippen molar-refractivity contribution >= 4 is 34.8 Å². The number of nitrogens with zero attached hydrogens (tertiary/aromatic N) is 2. The number of rotatable bonds is 3. The molecule has 0 aromatic heterocycles. The summed E-state index contributed by atoms with van der Waals surface area (Å²) in [4.78, 5) is 30.4. The zero-order valence-electron chi connectivity index (χ0n) is 15.3. The Morgan fingerprint density at radius 1 is 1.00 bits per heavy atom. The molecule has 0 saturated carbocycles. The van der Waals surface area contributed by atoms with Gasteiger partial charge < -0.3 is 9.80 Å². The van der Waals surface area contributed by atoms with Gasteiger partial charge in [0.2, 0.25) is 5.91 Å². The van der Waals surface area contributed by atoms with Crippen LogP contribution in [-0.4, -0.2) is 44.0 Å². The highest BCUT2D eigenvalue weighted by Gasteiger charge is 2.46. The van der Waals surface area contributed by atoms with Crippen molar-refractivity contribution in [3.05, 3.63) is 59.1 Å². The van der Waals surface area contributed by atoms with Crippen LogP contribution in [0.5, 0.6) is 0 Å². The van der Waals surface area contributed by atoms with E-state index in [1.165, 1.54) is 9.80 Å². The maximum atomic E-state index is 13.0. The Labute approximate surface area is 164 Å². The van der Waals surface area contributed by atoms with E-state index < -0.39 is 0 Å². The lowest BCUT2D eigenvalue weighted by Gasteiger charge is -2.35. The molecule has 2 aliphatic heterocycles. The van der Waals surface area contributed by atoms with Gasteiger partial charge in [0.15, 0.2) is 6.04 Å². The molecule has 0 bridgehead atoms. The second-order valence-electron chi connectivity index (χ2n) is 7.29. The standard InChI is InChI=1S/C21H22ClN3O2/c1-15-4-2-7-18(12-15)25-20(26)14-19(21(25)27)24-10-8-23(9-11-24)17-6-3-5-16(22)13-17/h2-7,12-13,19H,8-11,14H2,1H3/p+1/t19-/m1/s1. The van der Waals surface area contributed by atoms with Gasteiger partial charge in [0.25, 0.3) is 5.91 Å². The van der Waals surface area contributed by atoms with E-state index in [0.717, 1.165) is 42.5 Å². The van der Waals surface area contributed by atoms with E-state index in [0.29, 0.717) is 12.1 Å². The molecular weight excluding hydrogens is 362 g/mol. The van der Waals surface area contributed by atoms with Crippen LogP contribution in [0.1, 0.15) is 12.0 Å². The fourth-order valence-corrected chi connectivity index (χ4v) is 4.25. The van der Waals surface area contributed by atoms with Crippen LogP contribution >= 0.6 is 11.6 Å². The Bertz CT molecular complexity index is 877. The van der Waals surface area contributed by atoms with Crippen molar-refractivity contribution in [3.63, 3.8) is 0 Å². The van der Waals surface area contributed by atoms with E-state index >= 15 is 0 Å². The number of aryl methyl sites for hydroxylation is 1. The van der Waals surface area contributed by atoms with Crippen molar-refractivity contribution in [3.8, 4) is 0 Å². The van der Waals surface area contributed by atoms with Gasteiger partial charge in [0, 0.05) is 10.7 Å². The summed E-state index contributed by atoms with van der Waals surface area (Å²) in [5, 5.41) is 0.729. The number of quaternary nitrogens is 1. The minimum absolute atomic E-state index is 0.0724. The number of anilines is 2. The third-order valence-corrected chi connectivity index (χ3v) is 5.71. The molecule has 4 rings (SSSR count). The Balaban J connectivity index is 1.44. The van der Waals surface area contributed by atoms with Crippen LogP contribution < -0.4 is 14.7 Å². The predicted molar refractivity (Wildman–Crippen MR) is 106 cm³/mol. The van der Waals surface area contributed by atoms with E-state index in [2.05, 4.69) is 11.0 Å². The van der Waals surface area contributed by atoms with Gasteiger partial charge in [-0.15, -0.1) is 0 Å². The number of hydrogen-bond donors (Lipinski definition) is 1. The smallest absolute Gasteiger partial charge is 0.292 e. The molecule has 2 aromatic rings. The molecule has 2 fully saturated rings. The number of halogens is 1. The van der Waals surface area contributed by atoms with Crippen molar-refractivity contribution in [2.24, 2.45) is 0 Å². The first kappa shape index (κ1) is 18.0. The summed E-state index contributed by atoms with van der Waals surface area (Å²) in [7, 11) is 0.